The summed E-state index contributed by atoms with van der Waals surface area (Å²) in [6.45, 7) is 1.75. The second-order valence-corrected chi connectivity index (χ2v) is 9.67. The van der Waals surface area contributed by atoms with Gasteiger partial charge in [0, 0.05) is 16.9 Å². The quantitative estimate of drug-likeness (QED) is 0.433. The van der Waals surface area contributed by atoms with E-state index in [9.17, 15) is 14.0 Å². The van der Waals surface area contributed by atoms with Gasteiger partial charge in [0.15, 0.2) is 0 Å². The van der Waals surface area contributed by atoms with Gasteiger partial charge in [0.2, 0.25) is 11.8 Å². The molecule has 4 nitrogen and oxygen atoms in total. The van der Waals surface area contributed by atoms with Crippen molar-refractivity contribution in [2.75, 3.05) is 5.32 Å². The Kier molecular flexibility index (Phi) is 5.39. The normalized spacial score (nSPS) is 26.2. The molecule has 1 spiro atoms. The van der Waals surface area contributed by atoms with Crippen LogP contribution in [0.25, 0.3) is 0 Å². The fourth-order valence-corrected chi connectivity index (χ4v) is 5.94. The standard InChI is InChI=1S/C25H18Cl3FN2O2/c1-12-20(13-8-9-19(29)18(28)11-13)25(16-6-3-7-17(27)21(16)30-24(25)33)22(31-23(12)32)14-4-2-5-15(26)10-14/h2-12,20,22H,1H3,(H,30,33)(H,31,32)/t12-,20-,22+,25-/m0/s1. The third kappa shape index (κ3) is 3.25. The van der Waals surface area contributed by atoms with E-state index in [0.717, 1.165) is 0 Å². The molecule has 3 aromatic carbocycles. The molecule has 8 heteroatoms. The van der Waals surface area contributed by atoms with Crippen LogP contribution in [0.2, 0.25) is 15.1 Å². The Bertz CT molecular complexity index is 1310. The first kappa shape index (κ1) is 22.2. The first-order valence-corrected chi connectivity index (χ1v) is 11.5. The van der Waals surface area contributed by atoms with Crippen molar-refractivity contribution in [3.8, 4) is 0 Å². The van der Waals surface area contributed by atoms with E-state index >= 15 is 0 Å². The van der Waals surface area contributed by atoms with Crippen molar-refractivity contribution in [3.05, 3.63) is 98.2 Å². The molecule has 3 aromatic rings. The smallest absolute Gasteiger partial charge is 0.238 e. The van der Waals surface area contributed by atoms with Gasteiger partial charge in [-0.2, -0.15) is 0 Å². The first-order chi connectivity index (χ1) is 15.7. The minimum absolute atomic E-state index is 0.0788. The maximum atomic E-state index is 14.0. The highest BCUT2D eigenvalue weighted by molar-refractivity contribution is 6.35. The van der Waals surface area contributed by atoms with Gasteiger partial charge >= 0.3 is 0 Å². The lowest BCUT2D eigenvalue weighted by Gasteiger charge is -2.49. The Morgan fingerprint density at radius 1 is 0.909 bits per heavy atom. The van der Waals surface area contributed by atoms with Crippen LogP contribution >= 0.6 is 34.8 Å². The Labute approximate surface area is 205 Å². The predicted molar refractivity (Wildman–Crippen MR) is 127 cm³/mol. The Morgan fingerprint density at radius 2 is 1.67 bits per heavy atom. The summed E-state index contributed by atoms with van der Waals surface area (Å²) in [6.07, 6.45) is 0. The molecule has 0 radical (unpaired) electrons. The SMILES string of the molecule is C[C@@H]1C(=O)N[C@H](c2cccc(Cl)c2)[C@@]2(C(=O)Nc3c(Cl)cccc32)[C@@H]1c1ccc(F)c(Cl)c1. The van der Waals surface area contributed by atoms with Gasteiger partial charge in [-0.05, 0) is 47.0 Å². The average molecular weight is 504 g/mol. The van der Waals surface area contributed by atoms with Crippen molar-refractivity contribution in [3.63, 3.8) is 0 Å². The summed E-state index contributed by atoms with van der Waals surface area (Å²) in [5, 5.41) is 6.78. The molecular weight excluding hydrogens is 486 g/mol. The molecule has 1 saturated heterocycles. The van der Waals surface area contributed by atoms with Crippen molar-refractivity contribution in [2.24, 2.45) is 5.92 Å². The number of para-hydroxylation sites is 1. The lowest BCUT2D eigenvalue weighted by atomic mass is 9.56. The molecular formula is C25H18Cl3FN2O2. The summed E-state index contributed by atoms with van der Waals surface area (Å²) in [6, 6.07) is 15.9. The largest absolute Gasteiger partial charge is 0.348 e. The second kappa shape index (κ2) is 8.01. The van der Waals surface area contributed by atoms with Crippen LogP contribution in [0.4, 0.5) is 10.1 Å². The van der Waals surface area contributed by atoms with Crippen molar-refractivity contribution in [1.82, 2.24) is 5.32 Å². The number of rotatable bonds is 2. The lowest BCUT2D eigenvalue weighted by Crippen LogP contribution is -2.60. The van der Waals surface area contributed by atoms with Crippen LogP contribution in [0, 0.1) is 11.7 Å². The van der Waals surface area contributed by atoms with Crippen LogP contribution in [0.15, 0.2) is 60.7 Å². The van der Waals surface area contributed by atoms with E-state index in [2.05, 4.69) is 10.6 Å². The van der Waals surface area contributed by atoms with E-state index < -0.39 is 29.1 Å². The van der Waals surface area contributed by atoms with Crippen LogP contribution in [0.5, 0.6) is 0 Å². The lowest BCUT2D eigenvalue weighted by molar-refractivity contribution is -0.135. The number of piperidine rings is 1. The van der Waals surface area contributed by atoms with E-state index in [4.69, 9.17) is 34.8 Å². The van der Waals surface area contributed by atoms with Crippen molar-refractivity contribution in [1.29, 1.82) is 0 Å². The zero-order chi connectivity index (χ0) is 23.5. The molecule has 1 fully saturated rings. The minimum Gasteiger partial charge on any atom is -0.348 e. The zero-order valence-corrected chi connectivity index (χ0v) is 19.6. The van der Waals surface area contributed by atoms with Gasteiger partial charge in [-0.15, -0.1) is 0 Å². The summed E-state index contributed by atoms with van der Waals surface area (Å²) >= 11 is 18.9. The number of hydrogen-bond donors (Lipinski definition) is 2. The number of carbonyl (C=O) groups is 2. The number of halogens is 4. The van der Waals surface area contributed by atoms with Gasteiger partial charge in [0.05, 0.1) is 21.8 Å². The van der Waals surface area contributed by atoms with Gasteiger partial charge in [-0.25, -0.2) is 4.39 Å². The molecule has 2 N–H and O–H groups in total. The van der Waals surface area contributed by atoms with E-state index in [-0.39, 0.29) is 16.8 Å². The summed E-state index contributed by atoms with van der Waals surface area (Å²) in [7, 11) is 0. The number of hydrogen-bond acceptors (Lipinski definition) is 2. The number of benzene rings is 3. The van der Waals surface area contributed by atoms with Gasteiger partial charge in [-0.1, -0.05) is 72.1 Å². The first-order valence-electron chi connectivity index (χ1n) is 10.4. The molecule has 2 aliphatic heterocycles. The zero-order valence-electron chi connectivity index (χ0n) is 17.3. The average Bonchev–Trinajstić information content (AvgIpc) is 3.07. The minimum atomic E-state index is -1.28. The van der Waals surface area contributed by atoms with Crippen molar-refractivity contribution in [2.45, 2.75) is 24.3 Å². The molecule has 2 aliphatic rings. The number of anilines is 1. The van der Waals surface area contributed by atoms with E-state index in [1.807, 2.05) is 12.1 Å². The second-order valence-electron chi connectivity index (χ2n) is 8.42. The van der Waals surface area contributed by atoms with Crippen LogP contribution in [-0.2, 0) is 15.0 Å². The van der Waals surface area contributed by atoms with Crippen LogP contribution < -0.4 is 10.6 Å². The third-order valence-corrected chi connectivity index (χ3v) is 7.54. The third-order valence-electron chi connectivity index (χ3n) is 6.70. The highest BCUT2D eigenvalue weighted by atomic mass is 35.5. The molecule has 0 unspecified atom stereocenters. The Hall–Kier alpha value is -2.60. The topological polar surface area (TPSA) is 58.2 Å². The molecule has 168 valence electrons. The van der Waals surface area contributed by atoms with Crippen LogP contribution in [-0.4, -0.2) is 11.8 Å². The number of fused-ring (bicyclic) bond motifs is 2. The van der Waals surface area contributed by atoms with Crippen LogP contribution in [0.1, 0.15) is 35.6 Å². The molecule has 0 bridgehead atoms. The fourth-order valence-electron chi connectivity index (χ4n) is 5.33. The maximum Gasteiger partial charge on any atom is 0.238 e. The van der Waals surface area contributed by atoms with Gasteiger partial charge in [0.1, 0.15) is 11.2 Å². The van der Waals surface area contributed by atoms with Gasteiger partial charge in [-0.3, -0.25) is 9.59 Å². The highest BCUT2D eigenvalue weighted by Crippen LogP contribution is 2.59. The number of nitrogens with one attached hydrogen (secondary N) is 2. The molecule has 2 amide bonds. The maximum absolute atomic E-state index is 14.0. The highest BCUT2D eigenvalue weighted by Gasteiger charge is 2.63. The number of carbonyl (C=O) groups excluding carboxylic acids is 2. The van der Waals surface area contributed by atoms with E-state index in [1.54, 1.807) is 43.3 Å². The molecule has 0 saturated carbocycles. The van der Waals surface area contributed by atoms with Gasteiger partial charge in [0.25, 0.3) is 0 Å². The van der Waals surface area contributed by atoms with Crippen molar-refractivity contribution < 1.29 is 14.0 Å². The molecule has 0 aliphatic carbocycles. The van der Waals surface area contributed by atoms with Gasteiger partial charge < -0.3 is 10.6 Å². The Morgan fingerprint density at radius 3 is 2.39 bits per heavy atom. The van der Waals surface area contributed by atoms with Crippen LogP contribution in [0.3, 0.4) is 0 Å². The summed E-state index contributed by atoms with van der Waals surface area (Å²) < 4.78 is 14.0. The monoisotopic (exact) mass is 502 g/mol. The summed E-state index contributed by atoms with van der Waals surface area (Å²) in [5.41, 5.74) is 1.13. The molecule has 33 heavy (non-hydrogen) atoms. The predicted octanol–water partition coefficient (Wildman–Crippen LogP) is 6.27. The summed E-state index contributed by atoms with van der Waals surface area (Å²) in [5.74, 6) is -2.41. The molecule has 5 rings (SSSR count). The fraction of sp³-hybridized carbons (Fsp3) is 0.200. The Balaban J connectivity index is 1.86. The van der Waals surface area contributed by atoms with Crippen molar-refractivity contribution >= 4 is 52.3 Å². The van der Waals surface area contributed by atoms with E-state index in [0.29, 0.717) is 32.4 Å². The molecule has 0 aromatic heterocycles. The molecule has 2 heterocycles. The number of amides is 2. The summed E-state index contributed by atoms with van der Waals surface area (Å²) in [4.78, 5) is 27.2. The van der Waals surface area contributed by atoms with E-state index in [1.165, 1.54) is 12.1 Å². The molecule has 4 atom stereocenters.